The van der Waals surface area contributed by atoms with E-state index in [1.807, 2.05) is 6.92 Å². The maximum atomic E-state index is 14.4. The van der Waals surface area contributed by atoms with Crippen LogP contribution in [0.3, 0.4) is 0 Å². The molecule has 0 spiro atoms. The van der Waals surface area contributed by atoms with Crippen LogP contribution in [0.2, 0.25) is 0 Å². The second-order valence-electron chi connectivity index (χ2n) is 6.87. The largest absolute Gasteiger partial charge is 0.494 e. The number of aliphatic hydroxyl groups excluding tert-OH is 4. The minimum atomic E-state index is -1.47. The summed E-state index contributed by atoms with van der Waals surface area (Å²) in [5, 5.41) is 39.6. The van der Waals surface area contributed by atoms with Gasteiger partial charge in [0.25, 0.3) is 0 Å². The molecule has 6 nitrogen and oxygen atoms in total. The minimum Gasteiger partial charge on any atom is -0.494 e. The maximum Gasteiger partial charge on any atom is 0.131 e. The first-order valence-electron chi connectivity index (χ1n) is 9.29. The van der Waals surface area contributed by atoms with Crippen molar-refractivity contribution in [3.8, 4) is 16.9 Å². The quantitative estimate of drug-likeness (QED) is 0.598. The molecule has 0 saturated carbocycles. The predicted molar refractivity (Wildman–Crippen MR) is 100 cm³/mol. The number of ether oxygens (including phenoxy) is 2. The highest BCUT2D eigenvalue weighted by Gasteiger charge is 2.43. The Morgan fingerprint density at radius 2 is 1.82 bits per heavy atom. The molecule has 1 fully saturated rings. The van der Waals surface area contributed by atoms with Gasteiger partial charge in [-0.1, -0.05) is 25.1 Å². The molecule has 0 aromatic heterocycles. The normalized spacial score (nSPS) is 27.6. The molecule has 1 saturated heterocycles. The number of aliphatic hydroxyl groups is 4. The van der Waals surface area contributed by atoms with E-state index in [-0.39, 0.29) is 0 Å². The SMILES string of the molecule is CCCOc1ccc(F)c(-c2cccc([C@H]3O[C@H](CO)[C@@H](O)[C@H](O)[C@@H]3O)c2)c1. The van der Waals surface area contributed by atoms with Crippen molar-refractivity contribution >= 4 is 0 Å². The van der Waals surface area contributed by atoms with Crippen molar-refractivity contribution in [2.75, 3.05) is 13.2 Å². The maximum absolute atomic E-state index is 14.4. The monoisotopic (exact) mass is 392 g/mol. The highest BCUT2D eigenvalue weighted by atomic mass is 19.1. The van der Waals surface area contributed by atoms with Crippen LogP contribution < -0.4 is 4.74 Å². The average Bonchev–Trinajstić information content (AvgIpc) is 2.72. The predicted octanol–water partition coefficient (Wildman–Crippen LogP) is 1.80. The molecule has 0 bridgehead atoms. The van der Waals surface area contributed by atoms with Crippen molar-refractivity contribution in [2.24, 2.45) is 0 Å². The van der Waals surface area contributed by atoms with E-state index in [4.69, 9.17) is 9.47 Å². The van der Waals surface area contributed by atoms with Crippen LogP contribution in [-0.2, 0) is 4.74 Å². The number of halogens is 1. The zero-order chi connectivity index (χ0) is 20.3. The summed E-state index contributed by atoms with van der Waals surface area (Å²) >= 11 is 0. The Bertz CT molecular complexity index is 796. The third-order valence-electron chi connectivity index (χ3n) is 4.83. The standard InChI is InChI=1S/C21H25FO6/c1-2-8-27-14-6-7-16(22)15(10-14)12-4-3-5-13(9-12)21-20(26)19(25)18(24)17(11-23)28-21/h3-7,9-10,17-21,23-26H,2,8,11H2,1H3/t17-,18-,19+,20+,21-/m1/s1. The van der Waals surface area contributed by atoms with Gasteiger partial charge in [0.05, 0.1) is 13.2 Å². The van der Waals surface area contributed by atoms with Crippen LogP contribution >= 0.6 is 0 Å². The third-order valence-corrected chi connectivity index (χ3v) is 4.83. The topological polar surface area (TPSA) is 99.4 Å². The smallest absolute Gasteiger partial charge is 0.131 e. The summed E-state index contributed by atoms with van der Waals surface area (Å²) in [6.07, 6.45) is -5.43. The van der Waals surface area contributed by atoms with Gasteiger partial charge in [-0.25, -0.2) is 4.39 Å². The average molecular weight is 392 g/mol. The van der Waals surface area contributed by atoms with Crippen LogP contribution in [0.25, 0.3) is 11.1 Å². The summed E-state index contributed by atoms with van der Waals surface area (Å²) < 4.78 is 25.6. The highest BCUT2D eigenvalue weighted by molar-refractivity contribution is 5.66. The summed E-state index contributed by atoms with van der Waals surface area (Å²) in [6.45, 7) is 2.00. The first-order valence-corrected chi connectivity index (χ1v) is 9.29. The van der Waals surface area contributed by atoms with Crippen molar-refractivity contribution in [1.29, 1.82) is 0 Å². The van der Waals surface area contributed by atoms with Gasteiger partial charge < -0.3 is 29.9 Å². The summed E-state index contributed by atoms with van der Waals surface area (Å²) in [5.74, 6) is 0.131. The van der Waals surface area contributed by atoms with Crippen LogP contribution in [0.4, 0.5) is 4.39 Å². The molecule has 2 aromatic rings. The zero-order valence-corrected chi connectivity index (χ0v) is 15.5. The van der Waals surface area contributed by atoms with Gasteiger partial charge in [0.15, 0.2) is 0 Å². The summed E-state index contributed by atoms with van der Waals surface area (Å²) in [7, 11) is 0. The molecule has 0 amide bonds. The second kappa shape index (κ2) is 8.98. The molecule has 4 N–H and O–H groups in total. The van der Waals surface area contributed by atoms with Gasteiger partial charge in [-0.15, -0.1) is 0 Å². The molecule has 152 valence electrons. The lowest BCUT2D eigenvalue weighted by Crippen LogP contribution is -2.55. The Labute approximate surface area is 162 Å². The Hall–Kier alpha value is -2.03. The van der Waals surface area contributed by atoms with Crippen molar-refractivity contribution in [1.82, 2.24) is 0 Å². The van der Waals surface area contributed by atoms with Gasteiger partial charge in [0.1, 0.15) is 42.1 Å². The van der Waals surface area contributed by atoms with Crippen LogP contribution in [0, 0.1) is 5.82 Å². The van der Waals surface area contributed by atoms with Gasteiger partial charge in [-0.2, -0.15) is 0 Å². The number of benzene rings is 2. The van der Waals surface area contributed by atoms with E-state index in [1.54, 1.807) is 36.4 Å². The third kappa shape index (κ3) is 4.19. The first kappa shape index (κ1) is 20.7. The first-order chi connectivity index (χ1) is 13.5. The van der Waals surface area contributed by atoms with E-state index in [9.17, 15) is 24.8 Å². The molecule has 0 radical (unpaired) electrons. The lowest BCUT2D eigenvalue weighted by molar-refractivity contribution is -0.231. The van der Waals surface area contributed by atoms with Crippen molar-refractivity contribution in [3.63, 3.8) is 0 Å². The summed E-state index contributed by atoms with van der Waals surface area (Å²) in [4.78, 5) is 0. The van der Waals surface area contributed by atoms with Gasteiger partial charge in [0, 0.05) is 5.56 Å². The van der Waals surface area contributed by atoms with Crippen molar-refractivity contribution in [3.05, 3.63) is 53.8 Å². The molecule has 0 unspecified atom stereocenters. The van der Waals surface area contributed by atoms with Crippen molar-refractivity contribution in [2.45, 2.75) is 43.9 Å². The van der Waals surface area contributed by atoms with Gasteiger partial charge in [-0.3, -0.25) is 0 Å². The Morgan fingerprint density at radius 3 is 2.54 bits per heavy atom. The fourth-order valence-electron chi connectivity index (χ4n) is 3.30. The van der Waals surface area contributed by atoms with E-state index in [0.717, 1.165) is 6.42 Å². The van der Waals surface area contributed by atoms with Gasteiger partial charge >= 0.3 is 0 Å². The lowest BCUT2D eigenvalue weighted by atomic mass is 9.90. The number of rotatable bonds is 6. The molecule has 1 heterocycles. The molecule has 28 heavy (non-hydrogen) atoms. The minimum absolute atomic E-state index is 0.333. The van der Waals surface area contributed by atoms with Crippen LogP contribution in [0.15, 0.2) is 42.5 Å². The molecule has 5 atom stereocenters. The summed E-state index contributed by atoms with van der Waals surface area (Å²) in [6, 6.07) is 11.2. The van der Waals surface area contributed by atoms with E-state index in [0.29, 0.717) is 29.0 Å². The Morgan fingerprint density at radius 1 is 1.04 bits per heavy atom. The van der Waals surface area contributed by atoms with E-state index in [2.05, 4.69) is 0 Å². The Balaban J connectivity index is 1.92. The van der Waals surface area contributed by atoms with E-state index >= 15 is 0 Å². The summed E-state index contributed by atoms with van der Waals surface area (Å²) in [5.41, 5.74) is 1.38. The molecule has 2 aromatic carbocycles. The van der Waals surface area contributed by atoms with Crippen LogP contribution in [0.5, 0.6) is 5.75 Å². The Kier molecular flexibility index (Phi) is 6.64. The highest BCUT2D eigenvalue weighted by Crippen LogP contribution is 2.35. The zero-order valence-electron chi connectivity index (χ0n) is 15.5. The number of hydrogen-bond acceptors (Lipinski definition) is 6. The van der Waals surface area contributed by atoms with Crippen LogP contribution in [-0.4, -0.2) is 58.1 Å². The second-order valence-corrected chi connectivity index (χ2v) is 6.87. The van der Waals surface area contributed by atoms with E-state index < -0.39 is 42.9 Å². The molecule has 1 aliphatic heterocycles. The van der Waals surface area contributed by atoms with E-state index in [1.165, 1.54) is 6.07 Å². The molecule has 3 rings (SSSR count). The molecule has 1 aliphatic rings. The number of hydrogen-bond donors (Lipinski definition) is 4. The molecule has 0 aliphatic carbocycles. The fraction of sp³-hybridized carbons (Fsp3) is 0.429. The van der Waals surface area contributed by atoms with Crippen LogP contribution in [0.1, 0.15) is 25.0 Å². The van der Waals surface area contributed by atoms with Crippen molar-refractivity contribution < 1.29 is 34.3 Å². The molecular formula is C21H25FO6. The molecular weight excluding hydrogens is 367 g/mol. The van der Waals surface area contributed by atoms with Gasteiger partial charge in [-0.05, 0) is 41.8 Å². The van der Waals surface area contributed by atoms with Gasteiger partial charge in [0.2, 0.25) is 0 Å². The fourth-order valence-corrected chi connectivity index (χ4v) is 3.30. The lowest BCUT2D eigenvalue weighted by Gasteiger charge is -2.40. The molecule has 7 heteroatoms.